The minimum atomic E-state index is -0.157. The lowest BCUT2D eigenvalue weighted by Gasteiger charge is -2.44. The van der Waals surface area contributed by atoms with Gasteiger partial charge < -0.3 is 15.2 Å². The van der Waals surface area contributed by atoms with Crippen molar-refractivity contribution in [2.45, 2.75) is 44.4 Å². The van der Waals surface area contributed by atoms with E-state index in [0.29, 0.717) is 6.54 Å². The molecule has 1 unspecified atom stereocenters. The van der Waals surface area contributed by atoms with Gasteiger partial charge in [-0.15, -0.1) is 0 Å². The van der Waals surface area contributed by atoms with Crippen LogP contribution >= 0.6 is 0 Å². The quantitative estimate of drug-likeness (QED) is 0.697. The summed E-state index contributed by atoms with van der Waals surface area (Å²) < 4.78 is 10.6. The van der Waals surface area contributed by atoms with Crippen molar-refractivity contribution in [2.75, 3.05) is 33.9 Å². The molecule has 4 heteroatoms. The summed E-state index contributed by atoms with van der Waals surface area (Å²) in [7, 11) is 3.36. The Morgan fingerprint density at radius 2 is 1.75 bits per heavy atom. The van der Waals surface area contributed by atoms with Crippen LogP contribution in [0.4, 0.5) is 0 Å². The number of hydrogen-bond donors (Lipinski definition) is 1. The Bertz CT molecular complexity index is 191. The largest absolute Gasteiger partial charge is 0.356 e. The van der Waals surface area contributed by atoms with E-state index in [1.807, 2.05) is 0 Å². The van der Waals surface area contributed by atoms with Crippen molar-refractivity contribution in [3.05, 3.63) is 0 Å². The first-order chi connectivity index (χ1) is 7.66. The van der Waals surface area contributed by atoms with E-state index in [-0.39, 0.29) is 11.8 Å². The number of likely N-dealkylation sites (tertiary alicyclic amines) is 1. The first-order valence-electron chi connectivity index (χ1n) is 6.17. The van der Waals surface area contributed by atoms with Crippen LogP contribution in [0.3, 0.4) is 0 Å². The fourth-order valence-corrected chi connectivity index (χ4v) is 2.40. The Morgan fingerprint density at radius 1 is 1.19 bits per heavy atom. The Hall–Kier alpha value is -0.160. The first-order valence-corrected chi connectivity index (χ1v) is 6.17. The van der Waals surface area contributed by atoms with Gasteiger partial charge in [0.1, 0.15) is 0 Å². The molecule has 0 amide bonds. The Kier molecular flexibility index (Phi) is 5.69. The molecule has 1 rings (SSSR count). The molecule has 0 radical (unpaired) electrons. The van der Waals surface area contributed by atoms with Gasteiger partial charge in [-0.3, -0.25) is 4.90 Å². The van der Waals surface area contributed by atoms with Crippen molar-refractivity contribution in [2.24, 2.45) is 5.73 Å². The molecule has 0 bridgehead atoms. The van der Waals surface area contributed by atoms with Crippen molar-refractivity contribution in [1.82, 2.24) is 4.90 Å². The smallest absolute Gasteiger partial charge is 0.158 e. The minimum absolute atomic E-state index is 0.00287. The van der Waals surface area contributed by atoms with E-state index < -0.39 is 0 Å². The van der Waals surface area contributed by atoms with Crippen LogP contribution in [-0.4, -0.2) is 50.6 Å². The lowest BCUT2D eigenvalue weighted by Crippen LogP contribution is -2.55. The molecule has 96 valence electrons. The highest BCUT2D eigenvalue weighted by atomic mass is 16.7. The van der Waals surface area contributed by atoms with Gasteiger partial charge in [0.05, 0.1) is 0 Å². The number of nitrogens with zero attached hydrogens (tertiary/aromatic N) is 1. The molecule has 0 saturated carbocycles. The van der Waals surface area contributed by atoms with E-state index in [2.05, 4.69) is 11.8 Å². The fourth-order valence-electron chi connectivity index (χ4n) is 2.40. The molecule has 1 aliphatic rings. The monoisotopic (exact) mass is 230 g/mol. The average molecular weight is 230 g/mol. The Morgan fingerprint density at radius 3 is 2.19 bits per heavy atom. The van der Waals surface area contributed by atoms with Gasteiger partial charge in [-0.1, -0.05) is 6.42 Å². The van der Waals surface area contributed by atoms with E-state index in [9.17, 15) is 0 Å². The lowest BCUT2D eigenvalue weighted by atomic mass is 9.92. The second-order valence-corrected chi connectivity index (χ2v) is 4.85. The molecule has 0 aromatic heterocycles. The second kappa shape index (κ2) is 6.55. The molecule has 1 heterocycles. The Labute approximate surface area is 99.1 Å². The molecule has 0 aromatic rings. The number of nitrogens with two attached hydrogens (primary N) is 1. The molecule has 1 aliphatic heterocycles. The number of hydrogen-bond acceptors (Lipinski definition) is 4. The third-order valence-electron chi connectivity index (χ3n) is 3.69. The molecule has 0 aliphatic carbocycles. The number of rotatable bonds is 6. The zero-order valence-corrected chi connectivity index (χ0v) is 10.9. The summed E-state index contributed by atoms with van der Waals surface area (Å²) in [5, 5.41) is 0. The van der Waals surface area contributed by atoms with Crippen LogP contribution in [0.25, 0.3) is 0 Å². The van der Waals surface area contributed by atoms with Gasteiger partial charge in [0.2, 0.25) is 0 Å². The van der Waals surface area contributed by atoms with Crippen molar-refractivity contribution < 1.29 is 9.47 Å². The highest BCUT2D eigenvalue weighted by molar-refractivity contribution is 4.89. The Balaban J connectivity index is 2.59. The number of piperidine rings is 1. The van der Waals surface area contributed by atoms with E-state index >= 15 is 0 Å². The average Bonchev–Trinajstić information content (AvgIpc) is 2.36. The van der Waals surface area contributed by atoms with Crippen molar-refractivity contribution in [3.63, 3.8) is 0 Å². The predicted molar refractivity (Wildman–Crippen MR) is 65.3 cm³/mol. The van der Waals surface area contributed by atoms with Crippen LogP contribution in [0, 0.1) is 0 Å². The van der Waals surface area contributed by atoms with Crippen LogP contribution < -0.4 is 5.73 Å². The normalized spacial score (nSPS) is 22.3. The molecule has 1 fully saturated rings. The summed E-state index contributed by atoms with van der Waals surface area (Å²) in [4.78, 5) is 2.49. The molecule has 1 atom stereocenters. The molecule has 0 spiro atoms. The van der Waals surface area contributed by atoms with Gasteiger partial charge >= 0.3 is 0 Å². The minimum Gasteiger partial charge on any atom is -0.356 e. The molecule has 16 heavy (non-hydrogen) atoms. The van der Waals surface area contributed by atoms with Gasteiger partial charge in [-0.2, -0.15) is 0 Å². The predicted octanol–water partition coefficient (Wildman–Crippen LogP) is 1.20. The lowest BCUT2D eigenvalue weighted by molar-refractivity contribution is -0.129. The second-order valence-electron chi connectivity index (χ2n) is 4.85. The summed E-state index contributed by atoms with van der Waals surface area (Å²) in [6.07, 6.45) is 4.57. The van der Waals surface area contributed by atoms with E-state index in [4.69, 9.17) is 15.2 Å². The highest BCUT2D eigenvalue weighted by Gasteiger charge is 2.34. The van der Waals surface area contributed by atoms with Crippen LogP contribution in [-0.2, 0) is 9.47 Å². The van der Waals surface area contributed by atoms with Crippen LogP contribution in [0.2, 0.25) is 0 Å². The van der Waals surface area contributed by atoms with Crippen LogP contribution in [0.5, 0.6) is 0 Å². The zero-order chi connectivity index (χ0) is 12.0. The molecular formula is C12H26N2O2. The van der Waals surface area contributed by atoms with E-state index in [1.54, 1.807) is 14.2 Å². The third kappa shape index (κ3) is 3.42. The molecule has 1 saturated heterocycles. The van der Waals surface area contributed by atoms with Gasteiger partial charge in [0.15, 0.2) is 6.29 Å². The molecule has 2 N–H and O–H groups in total. The standard InChI is InChI=1S/C12H26N2O2/c1-12(10-13,9-11(15-2)16-3)14-7-5-4-6-8-14/h11H,4-10,13H2,1-3H3. The fraction of sp³-hybridized carbons (Fsp3) is 1.00. The SMILES string of the molecule is COC(CC(C)(CN)N1CCCCC1)OC. The van der Waals surface area contributed by atoms with Gasteiger partial charge in [-0.05, 0) is 32.9 Å². The van der Waals surface area contributed by atoms with Crippen molar-refractivity contribution in [3.8, 4) is 0 Å². The van der Waals surface area contributed by atoms with Gasteiger partial charge in [0, 0.05) is 32.7 Å². The number of ether oxygens (including phenoxy) is 2. The molecule has 4 nitrogen and oxygen atoms in total. The van der Waals surface area contributed by atoms with E-state index in [1.165, 1.54) is 19.3 Å². The van der Waals surface area contributed by atoms with Crippen LogP contribution in [0.1, 0.15) is 32.6 Å². The summed E-state index contributed by atoms with van der Waals surface area (Å²) in [5.41, 5.74) is 5.94. The molecular weight excluding hydrogens is 204 g/mol. The first kappa shape index (κ1) is 13.9. The van der Waals surface area contributed by atoms with Gasteiger partial charge in [-0.25, -0.2) is 0 Å². The van der Waals surface area contributed by atoms with Crippen LogP contribution in [0.15, 0.2) is 0 Å². The van der Waals surface area contributed by atoms with Gasteiger partial charge in [0.25, 0.3) is 0 Å². The maximum Gasteiger partial charge on any atom is 0.158 e. The number of methoxy groups -OCH3 is 2. The summed E-state index contributed by atoms with van der Waals surface area (Å²) >= 11 is 0. The topological polar surface area (TPSA) is 47.7 Å². The van der Waals surface area contributed by atoms with E-state index in [0.717, 1.165) is 19.5 Å². The molecule has 0 aromatic carbocycles. The summed E-state index contributed by atoms with van der Waals surface area (Å²) in [6.45, 7) is 5.15. The van der Waals surface area contributed by atoms with Crippen molar-refractivity contribution in [1.29, 1.82) is 0 Å². The summed E-state index contributed by atoms with van der Waals surface area (Å²) in [5.74, 6) is 0. The highest BCUT2D eigenvalue weighted by Crippen LogP contribution is 2.25. The third-order valence-corrected chi connectivity index (χ3v) is 3.69. The maximum atomic E-state index is 5.94. The maximum absolute atomic E-state index is 5.94. The summed E-state index contributed by atoms with van der Waals surface area (Å²) in [6, 6.07) is 0. The van der Waals surface area contributed by atoms with Crippen molar-refractivity contribution >= 4 is 0 Å². The zero-order valence-electron chi connectivity index (χ0n) is 10.9.